The Hall–Kier alpha value is -0.130. The molecule has 3 rings (SSSR count). The first-order valence-electron chi connectivity index (χ1n) is 7.13. The van der Waals surface area contributed by atoms with E-state index in [0.29, 0.717) is 5.92 Å². The van der Waals surface area contributed by atoms with Gasteiger partial charge in [0, 0.05) is 24.2 Å². The third-order valence-corrected chi connectivity index (χ3v) is 5.28. The quantitative estimate of drug-likeness (QED) is 0.873. The minimum absolute atomic E-state index is 0.259. The average Bonchev–Trinajstić information content (AvgIpc) is 2.51. The van der Waals surface area contributed by atoms with E-state index in [-0.39, 0.29) is 6.04 Å². The van der Waals surface area contributed by atoms with Crippen molar-refractivity contribution in [3.05, 3.63) is 32.8 Å². The number of halogens is 2. The van der Waals surface area contributed by atoms with Gasteiger partial charge >= 0.3 is 0 Å². The summed E-state index contributed by atoms with van der Waals surface area (Å²) < 4.78 is 12.0. The number of hydrogen-bond donors (Lipinski definition) is 1. The molecule has 0 bridgehead atoms. The van der Waals surface area contributed by atoms with Crippen molar-refractivity contribution in [2.75, 3.05) is 33.0 Å². The molecule has 0 spiro atoms. The molecule has 2 fully saturated rings. The van der Waals surface area contributed by atoms with Gasteiger partial charge in [0.1, 0.15) is 0 Å². The highest BCUT2D eigenvalue weighted by atomic mass is 79.9. The molecule has 1 unspecified atom stereocenters. The van der Waals surface area contributed by atoms with E-state index in [1.165, 1.54) is 11.1 Å². The highest BCUT2D eigenvalue weighted by Crippen LogP contribution is 2.37. The van der Waals surface area contributed by atoms with Crippen molar-refractivity contribution in [2.24, 2.45) is 0 Å². The second-order valence-corrected chi connectivity index (χ2v) is 6.63. The number of benzene rings is 1. The number of nitrogens with one attached hydrogen (secondary N) is 1. The van der Waals surface area contributed by atoms with E-state index < -0.39 is 0 Å². The third-order valence-electron chi connectivity index (χ3n) is 4.08. The molecule has 0 radical (unpaired) electrons. The van der Waals surface area contributed by atoms with E-state index in [4.69, 9.17) is 21.1 Å². The Morgan fingerprint density at radius 1 is 1.10 bits per heavy atom. The molecule has 5 heteroatoms. The van der Waals surface area contributed by atoms with Crippen molar-refractivity contribution < 1.29 is 9.47 Å². The molecule has 2 saturated heterocycles. The fourth-order valence-corrected chi connectivity index (χ4v) is 3.54. The zero-order valence-electron chi connectivity index (χ0n) is 11.3. The van der Waals surface area contributed by atoms with Crippen molar-refractivity contribution in [3.8, 4) is 0 Å². The van der Waals surface area contributed by atoms with Gasteiger partial charge in [-0.25, -0.2) is 0 Å². The number of morpholine rings is 1. The third kappa shape index (κ3) is 3.20. The largest absolute Gasteiger partial charge is 0.381 e. The molecule has 1 aromatic carbocycles. The summed E-state index contributed by atoms with van der Waals surface area (Å²) in [5.74, 6) is 0.535. The van der Waals surface area contributed by atoms with E-state index in [0.717, 1.165) is 55.3 Å². The lowest BCUT2D eigenvalue weighted by Crippen LogP contribution is -2.35. The first kappa shape index (κ1) is 14.8. The Bertz CT molecular complexity index is 428. The smallest absolute Gasteiger partial charge is 0.0662 e. The maximum atomic E-state index is 6.31. The molecule has 1 N–H and O–H groups in total. The lowest BCUT2D eigenvalue weighted by atomic mass is 9.86. The minimum Gasteiger partial charge on any atom is -0.381 e. The van der Waals surface area contributed by atoms with Gasteiger partial charge in [-0.3, -0.25) is 0 Å². The van der Waals surface area contributed by atoms with Crippen molar-refractivity contribution in [2.45, 2.75) is 24.8 Å². The van der Waals surface area contributed by atoms with Gasteiger partial charge in [0.15, 0.2) is 0 Å². The number of rotatable bonds is 2. The molecule has 2 aliphatic heterocycles. The summed E-state index contributed by atoms with van der Waals surface area (Å²) in [6.45, 7) is 4.10. The molecule has 3 nitrogen and oxygen atoms in total. The van der Waals surface area contributed by atoms with Crippen LogP contribution in [0.3, 0.4) is 0 Å². The van der Waals surface area contributed by atoms with Gasteiger partial charge in [-0.2, -0.15) is 0 Å². The van der Waals surface area contributed by atoms with Crippen LogP contribution in [0.5, 0.6) is 0 Å². The average molecular weight is 361 g/mol. The van der Waals surface area contributed by atoms with Crippen LogP contribution in [0.25, 0.3) is 0 Å². The summed E-state index contributed by atoms with van der Waals surface area (Å²) in [6.07, 6.45) is 2.14. The van der Waals surface area contributed by atoms with Gasteiger partial charge in [0.05, 0.1) is 24.3 Å². The molecule has 2 aliphatic rings. The Balaban J connectivity index is 1.94. The predicted octanol–water partition coefficient (Wildman–Crippen LogP) is 3.66. The molecule has 0 saturated carbocycles. The van der Waals surface area contributed by atoms with E-state index in [1.807, 2.05) is 0 Å². The molecule has 0 aliphatic carbocycles. The highest BCUT2D eigenvalue weighted by Gasteiger charge is 2.25. The molecule has 0 aromatic heterocycles. The summed E-state index contributed by atoms with van der Waals surface area (Å²) in [7, 11) is 0. The summed E-state index contributed by atoms with van der Waals surface area (Å²) in [5, 5.41) is 4.33. The second kappa shape index (κ2) is 6.75. The van der Waals surface area contributed by atoms with Gasteiger partial charge in [0.2, 0.25) is 0 Å². The summed E-state index contributed by atoms with van der Waals surface area (Å²) in [4.78, 5) is 0. The van der Waals surface area contributed by atoms with E-state index in [9.17, 15) is 0 Å². The van der Waals surface area contributed by atoms with Crippen molar-refractivity contribution in [1.82, 2.24) is 5.32 Å². The van der Waals surface area contributed by atoms with Gasteiger partial charge in [-0.15, -0.1) is 0 Å². The zero-order chi connectivity index (χ0) is 13.9. The van der Waals surface area contributed by atoms with Crippen molar-refractivity contribution in [1.29, 1.82) is 0 Å². The first-order valence-corrected chi connectivity index (χ1v) is 8.30. The maximum Gasteiger partial charge on any atom is 0.0662 e. The molecule has 2 heterocycles. The summed E-state index contributed by atoms with van der Waals surface area (Å²) in [5.41, 5.74) is 2.66. The van der Waals surface area contributed by atoms with Crippen LogP contribution in [-0.2, 0) is 9.47 Å². The SMILES string of the molecule is Clc1cc(C2CCOCC2)c(C2COCCN2)cc1Br. The zero-order valence-corrected chi connectivity index (χ0v) is 13.7. The molecule has 110 valence electrons. The normalized spacial score (nSPS) is 24.8. The fraction of sp³-hybridized carbons (Fsp3) is 0.600. The lowest BCUT2D eigenvalue weighted by molar-refractivity contribution is 0.0739. The van der Waals surface area contributed by atoms with Crippen LogP contribution < -0.4 is 5.32 Å². The molecule has 0 amide bonds. The van der Waals surface area contributed by atoms with Crippen LogP contribution in [0.4, 0.5) is 0 Å². The van der Waals surface area contributed by atoms with Crippen LogP contribution in [0.2, 0.25) is 5.02 Å². The highest BCUT2D eigenvalue weighted by molar-refractivity contribution is 9.10. The first-order chi connectivity index (χ1) is 9.75. The second-order valence-electron chi connectivity index (χ2n) is 5.36. The van der Waals surface area contributed by atoms with Crippen molar-refractivity contribution in [3.63, 3.8) is 0 Å². The molecular formula is C15H19BrClNO2. The lowest BCUT2D eigenvalue weighted by Gasteiger charge is -2.30. The van der Waals surface area contributed by atoms with Crippen molar-refractivity contribution >= 4 is 27.5 Å². The minimum atomic E-state index is 0.259. The van der Waals surface area contributed by atoms with Crippen LogP contribution >= 0.6 is 27.5 Å². The molecule has 20 heavy (non-hydrogen) atoms. The number of hydrogen-bond acceptors (Lipinski definition) is 3. The van der Waals surface area contributed by atoms with Crippen LogP contribution in [0.15, 0.2) is 16.6 Å². The Kier molecular flexibility index (Phi) is 5.00. The van der Waals surface area contributed by atoms with E-state index >= 15 is 0 Å². The van der Waals surface area contributed by atoms with Gasteiger partial charge in [-0.05, 0) is 57.9 Å². The van der Waals surface area contributed by atoms with Gasteiger partial charge in [0.25, 0.3) is 0 Å². The Morgan fingerprint density at radius 2 is 1.90 bits per heavy atom. The Labute approximate surface area is 133 Å². The Morgan fingerprint density at radius 3 is 2.60 bits per heavy atom. The monoisotopic (exact) mass is 359 g/mol. The summed E-state index contributed by atoms with van der Waals surface area (Å²) in [6, 6.07) is 4.53. The van der Waals surface area contributed by atoms with Gasteiger partial charge in [-0.1, -0.05) is 11.6 Å². The molecule has 1 aromatic rings. The van der Waals surface area contributed by atoms with Gasteiger partial charge < -0.3 is 14.8 Å². The van der Waals surface area contributed by atoms with Crippen LogP contribution in [0.1, 0.15) is 35.9 Å². The standard InChI is InChI=1S/C15H19BrClNO2/c16-13-7-12(15-9-20-6-3-18-15)11(8-14(13)17)10-1-4-19-5-2-10/h7-8,10,15,18H,1-6,9H2. The van der Waals surface area contributed by atoms with Crippen LogP contribution in [-0.4, -0.2) is 33.0 Å². The topological polar surface area (TPSA) is 30.5 Å². The van der Waals surface area contributed by atoms with E-state index in [2.05, 4.69) is 33.4 Å². The van der Waals surface area contributed by atoms with E-state index in [1.54, 1.807) is 0 Å². The summed E-state index contributed by atoms with van der Waals surface area (Å²) >= 11 is 9.86. The number of ether oxygens (including phenoxy) is 2. The predicted molar refractivity (Wildman–Crippen MR) is 83.5 cm³/mol. The van der Waals surface area contributed by atoms with Crippen LogP contribution in [0, 0.1) is 0 Å². The maximum absolute atomic E-state index is 6.31. The molecule has 1 atom stereocenters. The molecular weight excluding hydrogens is 342 g/mol. The fourth-order valence-electron chi connectivity index (χ4n) is 3.01.